The average molecular weight is 168 g/mol. The zero-order valence-electron chi connectivity index (χ0n) is 8.09. The van der Waals surface area contributed by atoms with E-state index in [4.69, 9.17) is 0 Å². The fraction of sp³-hybridized carbons (Fsp3) is 0.556. The Labute approximate surface area is 72.8 Å². The van der Waals surface area contributed by atoms with E-state index >= 15 is 0 Å². The van der Waals surface area contributed by atoms with Crippen LogP contribution in [0.3, 0.4) is 0 Å². The van der Waals surface area contributed by atoms with Gasteiger partial charge in [-0.2, -0.15) is 5.10 Å². The summed E-state index contributed by atoms with van der Waals surface area (Å²) in [5.41, 5.74) is 0.768. The summed E-state index contributed by atoms with van der Waals surface area (Å²) in [5.74, 6) is 0.372. The van der Waals surface area contributed by atoms with Gasteiger partial charge in [-0.15, -0.1) is 0 Å². The normalized spacial score (nSPS) is 9.08. The number of H-pyrrole nitrogens is 1. The maximum atomic E-state index is 10.5. The molecule has 0 aliphatic carbocycles. The second kappa shape index (κ2) is 5.52. The monoisotopic (exact) mass is 168 g/mol. The molecule has 0 aliphatic rings. The van der Waals surface area contributed by atoms with Crippen LogP contribution in [0.2, 0.25) is 0 Å². The quantitative estimate of drug-likeness (QED) is 0.696. The predicted octanol–water partition coefficient (Wildman–Crippen LogP) is 1.92. The molecule has 0 bridgehead atoms. The minimum atomic E-state index is -0.149. The maximum Gasteiger partial charge on any atom is 0.264 e. The third-order valence-electron chi connectivity index (χ3n) is 1.29. The summed E-state index contributed by atoms with van der Waals surface area (Å²) in [6.07, 6.45) is 0. The lowest BCUT2D eigenvalue weighted by atomic mass is 10.1. The second-order valence-corrected chi connectivity index (χ2v) is 2.50. The van der Waals surface area contributed by atoms with Crippen molar-refractivity contribution in [2.45, 2.75) is 33.6 Å². The maximum absolute atomic E-state index is 10.5. The fourth-order valence-electron chi connectivity index (χ4n) is 0.677. The van der Waals surface area contributed by atoms with E-state index in [1.54, 1.807) is 6.07 Å². The summed E-state index contributed by atoms with van der Waals surface area (Å²) in [4.78, 5) is 10.5. The Bertz CT molecular complexity index is 245. The van der Waals surface area contributed by atoms with Crippen LogP contribution in [0.1, 0.15) is 39.3 Å². The van der Waals surface area contributed by atoms with Gasteiger partial charge >= 0.3 is 0 Å². The highest BCUT2D eigenvalue weighted by Crippen LogP contribution is 2.06. The molecule has 0 atom stereocenters. The molecule has 3 nitrogen and oxygen atoms in total. The highest BCUT2D eigenvalue weighted by Gasteiger charge is 1.97. The molecule has 0 aromatic carbocycles. The molecule has 0 unspecified atom stereocenters. The molecule has 68 valence electrons. The molecule has 0 saturated carbocycles. The van der Waals surface area contributed by atoms with Gasteiger partial charge in [0.2, 0.25) is 0 Å². The van der Waals surface area contributed by atoms with E-state index in [1.807, 2.05) is 27.7 Å². The largest absolute Gasteiger partial charge is 0.268 e. The first-order valence-electron chi connectivity index (χ1n) is 4.26. The van der Waals surface area contributed by atoms with Crippen LogP contribution in [0.5, 0.6) is 0 Å². The van der Waals surface area contributed by atoms with Gasteiger partial charge in [-0.1, -0.05) is 27.7 Å². The van der Waals surface area contributed by atoms with E-state index in [0.717, 1.165) is 5.69 Å². The van der Waals surface area contributed by atoms with Crippen molar-refractivity contribution < 1.29 is 0 Å². The van der Waals surface area contributed by atoms with Crippen LogP contribution in [0.25, 0.3) is 0 Å². The van der Waals surface area contributed by atoms with E-state index in [1.165, 1.54) is 6.07 Å². The van der Waals surface area contributed by atoms with Gasteiger partial charge in [0, 0.05) is 6.07 Å². The van der Waals surface area contributed by atoms with Crippen LogP contribution in [0, 0.1) is 0 Å². The molecule has 3 heteroatoms. The van der Waals surface area contributed by atoms with E-state index in [0.29, 0.717) is 5.92 Å². The van der Waals surface area contributed by atoms with Crippen LogP contribution in [-0.2, 0) is 0 Å². The highest BCUT2D eigenvalue weighted by molar-refractivity contribution is 5.03. The molecule has 0 fully saturated rings. The van der Waals surface area contributed by atoms with Gasteiger partial charge < -0.3 is 0 Å². The molecule has 12 heavy (non-hydrogen) atoms. The van der Waals surface area contributed by atoms with E-state index in [-0.39, 0.29) is 5.56 Å². The van der Waals surface area contributed by atoms with Crippen molar-refractivity contribution in [3.05, 3.63) is 28.2 Å². The first-order valence-corrected chi connectivity index (χ1v) is 4.26. The highest BCUT2D eigenvalue weighted by atomic mass is 16.1. The molecule has 0 amide bonds. The Hall–Kier alpha value is -1.12. The van der Waals surface area contributed by atoms with Gasteiger partial charge in [-0.25, -0.2) is 5.10 Å². The van der Waals surface area contributed by atoms with Gasteiger partial charge in [0.15, 0.2) is 0 Å². The molecular formula is C9H16N2O. The number of hydrogen-bond acceptors (Lipinski definition) is 2. The second-order valence-electron chi connectivity index (χ2n) is 2.50. The molecule has 1 rings (SSSR count). The molecule has 1 aromatic heterocycles. The zero-order valence-corrected chi connectivity index (χ0v) is 8.09. The van der Waals surface area contributed by atoms with Crippen molar-refractivity contribution in [2.24, 2.45) is 0 Å². The number of nitrogens with zero attached hydrogens (tertiary/aromatic N) is 1. The van der Waals surface area contributed by atoms with Gasteiger partial charge in [-0.05, 0) is 12.0 Å². The molecular weight excluding hydrogens is 152 g/mol. The summed E-state index contributed by atoms with van der Waals surface area (Å²) in [6.45, 7) is 8.06. The summed E-state index contributed by atoms with van der Waals surface area (Å²) in [6, 6.07) is 3.23. The minimum absolute atomic E-state index is 0.149. The number of aromatic amines is 1. The molecule has 0 aliphatic heterocycles. The van der Waals surface area contributed by atoms with Crippen molar-refractivity contribution in [1.29, 1.82) is 0 Å². The van der Waals surface area contributed by atoms with Crippen molar-refractivity contribution in [2.75, 3.05) is 0 Å². The lowest BCUT2D eigenvalue weighted by Crippen LogP contribution is -2.07. The van der Waals surface area contributed by atoms with Crippen LogP contribution in [-0.4, -0.2) is 10.2 Å². The third-order valence-corrected chi connectivity index (χ3v) is 1.29. The average Bonchev–Trinajstić information content (AvgIpc) is 2.09. The molecule has 1 N–H and O–H groups in total. The van der Waals surface area contributed by atoms with Crippen molar-refractivity contribution in [1.82, 2.24) is 10.2 Å². The molecule has 0 spiro atoms. The zero-order chi connectivity index (χ0) is 9.56. The van der Waals surface area contributed by atoms with Gasteiger partial charge in [0.25, 0.3) is 5.56 Å². The summed E-state index contributed by atoms with van der Waals surface area (Å²) < 4.78 is 0. The summed E-state index contributed by atoms with van der Waals surface area (Å²) in [7, 11) is 0. The first kappa shape index (κ1) is 10.9. The van der Waals surface area contributed by atoms with Gasteiger partial charge in [0.1, 0.15) is 0 Å². The molecule has 0 saturated heterocycles. The standard InChI is InChI=1S/C7H10N2O.C2H6/c1-5(2)6-3-4-7(10)9-8-6;1-2/h3-5H,1-2H3,(H,9,10);1-2H3. The SMILES string of the molecule is CC.CC(C)c1ccc(=O)[nH]n1. The van der Waals surface area contributed by atoms with Crippen molar-refractivity contribution in [3.8, 4) is 0 Å². The number of nitrogens with one attached hydrogen (secondary N) is 1. The van der Waals surface area contributed by atoms with Crippen molar-refractivity contribution >= 4 is 0 Å². The first-order chi connectivity index (χ1) is 5.70. The van der Waals surface area contributed by atoms with Crippen LogP contribution < -0.4 is 5.56 Å². The van der Waals surface area contributed by atoms with Gasteiger partial charge in [-0.3, -0.25) is 4.79 Å². The Morgan fingerprint density at radius 3 is 2.25 bits per heavy atom. The molecule has 1 heterocycles. The summed E-state index contributed by atoms with van der Waals surface area (Å²) >= 11 is 0. The molecule has 0 radical (unpaired) electrons. The van der Waals surface area contributed by atoms with Crippen LogP contribution >= 0.6 is 0 Å². The van der Waals surface area contributed by atoms with Gasteiger partial charge in [0.05, 0.1) is 5.69 Å². The third kappa shape index (κ3) is 3.32. The topological polar surface area (TPSA) is 45.8 Å². The Morgan fingerprint density at radius 1 is 1.33 bits per heavy atom. The number of aromatic nitrogens is 2. The smallest absolute Gasteiger partial charge is 0.264 e. The molecule has 1 aromatic rings. The van der Waals surface area contributed by atoms with Crippen molar-refractivity contribution in [3.63, 3.8) is 0 Å². The van der Waals surface area contributed by atoms with Crippen LogP contribution in [0.4, 0.5) is 0 Å². The Kier molecular flexibility index (Phi) is 5.00. The summed E-state index contributed by atoms with van der Waals surface area (Å²) in [5, 5.41) is 6.22. The van der Waals surface area contributed by atoms with E-state index < -0.39 is 0 Å². The van der Waals surface area contributed by atoms with E-state index in [9.17, 15) is 4.79 Å². The van der Waals surface area contributed by atoms with Crippen LogP contribution in [0.15, 0.2) is 16.9 Å². The predicted molar refractivity (Wildman–Crippen MR) is 50.3 cm³/mol. The number of rotatable bonds is 1. The lowest BCUT2D eigenvalue weighted by Gasteiger charge is -1.99. The lowest BCUT2D eigenvalue weighted by molar-refractivity contribution is 0.777. The Balaban J connectivity index is 0.000000561. The Morgan fingerprint density at radius 2 is 1.92 bits per heavy atom. The van der Waals surface area contributed by atoms with E-state index in [2.05, 4.69) is 10.2 Å². The number of hydrogen-bond donors (Lipinski definition) is 1. The minimum Gasteiger partial charge on any atom is -0.268 e. The fourth-order valence-corrected chi connectivity index (χ4v) is 0.677.